The number of aromatic nitrogens is 5. The highest BCUT2D eigenvalue weighted by Gasteiger charge is 2.21. The summed E-state index contributed by atoms with van der Waals surface area (Å²) in [6.45, 7) is 2.88. The van der Waals surface area contributed by atoms with Gasteiger partial charge in [0.1, 0.15) is 11.4 Å². The van der Waals surface area contributed by atoms with Crippen LogP contribution in [0.15, 0.2) is 40.2 Å². The van der Waals surface area contributed by atoms with Crippen molar-refractivity contribution < 1.29 is 14.1 Å². The van der Waals surface area contributed by atoms with Crippen LogP contribution in [0.5, 0.6) is 0 Å². The van der Waals surface area contributed by atoms with Crippen molar-refractivity contribution in [3.05, 3.63) is 46.8 Å². The van der Waals surface area contributed by atoms with Crippen LogP contribution < -0.4 is 10.9 Å². The standard InChI is InChI=1S/C21H20N6O4S/c1-12-16-20(32-17(12)19-25-18(26-31-19)13-4-6-22-7-5-13)24-11-27(21(16)29)10-15(28)23-9-14-3-2-8-30-14/h4-7,11,14H,2-3,8-10H2,1H3,(H,23,28)/t14-/m0/s1. The fourth-order valence-electron chi connectivity index (χ4n) is 3.65. The fraction of sp³-hybridized carbons (Fsp3) is 0.333. The summed E-state index contributed by atoms with van der Waals surface area (Å²) in [4.78, 5) is 39.5. The van der Waals surface area contributed by atoms with Crippen molar-refractivity contribution in [3.8, 4) is 22.2 Å². The Morgan fingerprint density at radius 1 is 1.34 bits per heavy atom. The third kappa shape index (κ3) is 3.92. The lowest BCUT2D eigenvalue weighted by molar-refractivity contribution is -0.122. The number of carbonyl (C=O) groups is 1. The zero-order chi connectivity index (χ0) is 22.1. The smallest absolute Gasteiger partial charge is 0.268 e. The number of hydrogen-bond donors (Lipinski definition) is 1. The fourth-order valence-corrected chi connectivity index (χ4v) is 4.71. The number of nitrogens with zero attached hydrogens (tertiary/aromatic N) is 5. The largest absolute Gasteiger partial charge is 0.376 e. The third-order valence-corrected chi connectivity index (χ3v) is 6.53. The van der Waals surface area contributed by atoms with Crippen molar-refractivity contribution in [2.45, 2.75) is 32.4 Å². The minimum absolute atomic E-state index is 0.0457. The quantitative estimate of drug-likeness (QED) is 0.472. The first-order valence-corrected chi connectivity index (χ1v) is 11.0. The van der Waals surface area contributed by atoms with E-state index in [0.717, 1.165) is 25.0 Å². The van der Waals surface area contributed by atoms with Gasteiger partial charge in [0.2, 0.25) is 11.7 Å². The molecule has 10 nitrogen and oxygen atoms in total. The van der Waals surface area contributed by atoms with E-state index in [9.17, 15) is 9.59 Å². The Bertz CT molecular complexity index is 1320. The lowest BCUT2D eigenvalue weighted by atomic mass is 10.2. The number of rotatable bonds is 6. The lowest BCUT2D eigenvalue weighted by Gasteiger charge is -2.11. The van der Waals surface area contributed by atoms with E-state index < -0.39 is 0 Å². The third-order valence-electron chi connectivity index (χ3n) is 5.34. The highest BCUT2D eigenvalue weighted by Crippen LogP contribution is 2.35. The first-order valence-electron chi connectivity index (χ1n) is 10.2. The van der Waals surface area contributed by atoms with Crippen LogP contribution in [0.25, 0.3) is 32.4 Å². The summed E-state index contributed by atoms with van der Waals surface area (Å²) in [5.74, 6) is 0.501. The zero-order valence-electron chi connectivity index (χ0n) is 17.3. The number of hydrogen-bond acceptors (Lipinski definition) is 9. The second kappa shape index (κ2) is 8.60. The molecule has 0 unspecified atom stereocenters. The number of aryl methyl sites for hydroxylation is 1. The second-order valence-electron chi connectivity index (χ2n) is 7.51. The molecular weight excluding hydrogens is 432 g/mol. The van der Waals surface area contributed by atoms with Crippen LogP contribution in [0.1, 0.15) is 18.4 Å². The molecule has 11 heteroatoms. The van der Waals surface area contributed by atoms with Gasteiger partial charge >= 0.3 is 0 Å². The average molecular weight is 452 g/mol. The normalized spacial score (nSPS) is 16.0. The maximum atomic E-state index is 13.1. The van der Waals surface area contributed by atoms with Gasteiger partial charge < -0.3 is 14.6 Å². The molecule has 1 fully saturated rings. The lowest BCUT2D eigenvalue weighted by Crippen LogP contribution is -2.36. The van der Waals surface area contributed by atoms with Gasteiger partial charge in [0.25, 0.3) is 11.4 Å². The van der Waals surface area contributed by atoms with Crippen molar-refractivity contribution in [2.24, 2.45) is 0 Å². The number of carbonyl (C=O) groups excluding carboxylic acids is 1. The van der Waals surface area contributed by atoms with Crippen molar-refractivity contribution in [1.82, 2.24) is 30.0 Å². The molecule has 1 saturated heterocycles. The highest BCUT2D eigenvalue weighted by molar-refractivity contribution is 7.22. The molecule has 5 heterocycles. The summed E-state index contributed by atoms with van der Waals surface area (Å²) in [5, 5.41) is 7.31. The van der Waals surface area contributed by atoms with Gasteiger partial charge in [0.15, 0.2) is 0 Å². The van der Waals surface area contributed by atoms with Crippen LogP contribution >= 0.6 is 11.3 Å². The summed E-state index contributed by atoms with van der Waals surface area (Å²) in [7, 11) is 0. The molecule has 1 aliphatic heterocycles. The zero-order valence-corrected chi connectivity index (χ0v) is 18.1. The molecule has 4 aromatic rings. The summed E-state index contributed by atoms with van der Waals surface area (Å²) in [5.41, 5.74) is 1.20. The molecule has 32 heavy (non-hydrogen) atoms. The molecule has 0 aliphatic carbocycles. The molecule has 0 bridgehead atoms. The molecule has 4 aromatic heterocycles. The maximum Gasteiger partial charge on any atom is 0.268 e. The van der Waals surface area contributed by atoms with Crippen LogP contribution in [0.3, 0.4) is 0 Å². The van der Waals surface area contributed by atoms with E-state index in [1.165, 1.54) is 22.2 Å². The van der Waals surface area contributed by atoms with E-state index in [-0.39, 0.29) is 24.1 Å². The Hall–Kier alpha value is -3.44. The van der Waals surface area contributed by atoms with Gasteiger partial charge in [-0.2, -0.15) is 4.98 Å². The molecule has 0 spiro atoms. The van der Waals surface area contributed by atoms with E-state index in [2.05, 4.69) is 25.4 Å². The van der Waals surface area contributed by atoms with E-state index >= 15 is 0 Å². The highest BCUT2D eigenvalue weighted by atomic mass is 32.1. The van der Waals surface area contributed by atoms with Crippen LogP contribution in [-0.2, 0) is 16.1 Å². The van der Waals surface area contributed by atoms with Gasteiger partial charge in [-0.05, 0) is 37.5 Å². The molecule has 1 atom stereocenters. The topological polar surface area (TPSA) is 125 Å². The molecule has 0 radical (unpaired) electrons. The Kier molecular flexibility index (Phi) is 5.50. The number of pyridine rings is 1. The predicted octanol–water partition coefficient (Wildman–Crippen LogP) is 2.17. The summed E-state index contributed by atoms with van der Waals surface area (Å²) >= 11 is 1.30. The molecule has 0 aromatic carbocycles. The summed E-state index contributed by atoms with van der Waals surface area (Å²) < 4.78 is 12.3. The average Bonchev–Trinajstić information content (AvgIpc) is 3.55. The summed E-state index contributed by atoms with van der Waals surface area (Å²) in [6.07, 6.45) is 6.68. The monoisotopic (exact) mass is 452 g/mol. The van der Waals surface area contributed by atoms with Crippen LogP contribution in [-0.4, -0.2) is 49.8 Å². The van der Waals surface area contributed by atoms with Gasteiger partial charge in [-0.15, -0.1) is 11.3 Å². The van der Waals surface area contributed by atoms with Gasteiger partial charge in [-0.1, -0.05) is 5.16 Å². The Balaban J connectivity index is 1.39. The van der Waals surface area contributed by atoms with E-state index in [0.29, 0.717) is 38.9 Å². The van der Waals surface area contributed by atoms with Gasteiger partial charge in [0.05, 0.1) is 22.7 Å². The molecule has 0 saturated carbocycles. The number of thiophene rings is 1. The number of nitrogens with one attached hydrogen (secondary N) is 1. The number of ether oxygens (including phenoxy) is 1. The number of amides is 1. The van der Waals surface area contributed by atoms with Crippen molar-refractivity contribution in [3.63, 3.8) is 0 Å². The van der Waals surface area contributed by atoms with Crippen LogP contribution in [0, 0.1) is 6.92 Å². The van der Waals surface area contributed by atoms with Crippen LogP contribution in [0.4, 0.5) is 0 Å². The van der Waals surface area contributed by atoms with E-state index in [4.69, 9.17) is 9.26 Å². The minimum Gasteiger partial charge on any atom is -0.376 e. The van der Waals surface area contributed by atoms with Crippen molar-refractivity contribution >= 4 is 27.5 Å². The van der Waals surface area contributed by atoms with Crippen LogP contribution in [0.2, 0.25) is 0 Å². The minimum atomic E-state index is -0.281. The SMILES string of the molecule is Cc1c(-c2nc(-c3ccncc3)no2)sc2ncn(CC(=O)NC[C@@H]3CCCO3)c(=O)c12. The Morgan fingerprint density at radius 2 is 2.19 bits per heavy atom. The first kappa shape index (κ1) is 20.5. The molecule has 1 N–H and O–H groups in total. The Labute approximate surface area is 186 Å². The molecule has 164 valence electrons. The van der Waals surface area contributed by atoms with Crippen molar-refractivity contribution in [2.75, 3.05) is 13.2 Å². The molecular formula is C21H20N6O4S. The molecule has 5 rings (SSSR count). The van der Waals surface area contributed by atoms with Gasteiger partial charge in [-0.25, -0.2) is 4.98 Å². The van der Waals surface area contributed by atoms with E-state index in [1.54, 1.807) is 24.5 Å². The molecule has 1 amide bonds. The Morgan fingerprint density at radius 3 is 2.97 bits per heavy atom. The summed E-state index contributed by atoms with van der Waals surface area (Å²) in [6, 6.07) is 3.58. The van der Waals surface area contributed by atoms with Gasteiger partial charge in [0, 0.05) is 31.1 Å². The second-order valence-corrected chi connectivity index (χ2v) is 8.51. The molecule has 1 aliphatic rings. The number of fused-ring (bicyclic) bond motifs is 1. The first-order chi connectivity index (χ1) is 15.6. The van der Waals surface area contributed by atoms with Gasteiger partial charge in [-0.3, -0.25) is 19.1 Å². The maximum absolute atomic E-state index is 13.1. The van der Waals surface area contributed by atoms with E-state index in [1.807, 2.05) is 6.92 Å². The van der Waals surface area contributed by atoms with Crippen molar-refractivity contribution in [1.29, 1.82) is 0 Å². The predicted molar refractivity (Wildman–Crippen MR) is 117 cm³/mol.